The SMILES string of the molecule is COc1cc(OC2OC(COCC3=C4[CH+]C=CC=C4N=C3)C(O)C(O)C2O)c2c(O)c(C(C)=O)c(C)cc2c1. The number of aliphatic hydroxyl groups excluding tert-OH is 3. The first kappa shape index (κ1) is 26.9. The zero-order valence-corrected chi connectivity index (χ0v) is 21.7. The minimum Gasteiger partial charge on any atom is -0.506 e. The summed E-state index contributed by atoms with van der Waals surface area (Å²) in [4.78, 5) is 16.6. The van der Waals surface area contributed by atoms with E-state index in [2.05, 4.69) is 4.99 Å². The van der Waals surface area contributed by atoms with Gasteiger partial charge < -0.3 is 39.4 Å². The van der Waals surface area contributed by atoms with E-state index in [0.717, 1.165) is 16.8 Å². The van der Waals surface area contributed by atoms with Gasteiger partial charge in [-0.3, -0.25) is 4.79 Å². The maximum absolute atomic E-state index is 12.2. The van der Waals surface area contributed by atoms with E-state index >= 15 is 0 Å². The van der Waals surface area contributed by atoms with Crippen LogP contribution < -0.4 is 9.47 Å². The topological polar surface area (TPSA) is 147 Å². The molecule has 204 valence electrons. The van der Waals surface area contributed by atoms with Crippen molar-refractivity contribution < 1.29 is 44.2 Å². The number of hydrogen-bond donors (Lipinski definition) is 4. The lowest BCUT2D eigenvalue weighted by Gasteiger charge is -2.40. The average Bonchev–Trinajstić information content (AvgIpc) is 3.32. The summed E-state index contributed by atoms with van der Waals surface area (Å²) in [7, 11) is 1.46. The number of rotatable bonds is 8. The minimum atomic E-state index is -1.62. The van der Waals surface area contributed by atoms with Crippen LogP contribution in [0.1, 0.15) is 22.8 Å². The van der Waals surface area contributed by atoms with Crippen LogP contribution in [0.5, 0.6) is 17.2 Å². The Balaban J connectivity index is 1.38. The molecule has 5 rings (SSSR count). The Labute approximate surface area is 225 Å². The van der Waals surface area contributed by atoms with Crippen LogP contribution in [-0.2, 0) is 9.47 Å². The summed E-state index contributed by atoms with van der Waals surface area (Å²) in [5, 5.41) is 43.6. The predicted molar refractivity (Wildman–Crippen MR) is 142 cm³/mol. The fourth-order valence-electron chi connectivity index (χ4n) is 5.00. The van der Waals surface area contributed by atoms with E-state index in [9.17, 15) is 25.2 Å². The molecule has 2 heterocycles. The predicted octanol–water partition coefficient (Wildman–Crippen LogP) is 2.31. The molecule has 10 heteroatoms. The smallest absolute Gasteiger partial charge is 0.229 e. The third-order valence-corrected chi connectivity index (χ3v) is 6.99. The number of Topliss-reactive ketones (excluding diaryl/α,β-unsaturated/α-hetero) is 1. The van der Waals surface area contributed by atoms with Crippen molar-refractivity contribution in [2.24, 2.45) is 4.99 Å². The molecule has 0 bridgehead atoms. The molecule has 0 radical (unpaired) electrons. The van der Waals surface area contributed by atoms with Gasteiger partial charge >= 0.3 is 0 Å². The molecular formula is C29H30NO9+. The molecule has 2 aromatic carbocycles. The fraction of sp³-hybridized carbons (Fsp3) is 0.345. The van der Waals surface area contributed by atoms with Gasteiger partial charge in [0.05, 0.1) is 36.5 Å². The Kier molecular flexibility index (Phi) is 7.48. The Morgan fingerprint density at radius 2 is 1.95 bits per heavy atom. The second-order valence-electron chi connectivity index (χ2n) is 9.65. The average molecular weight is 537 g/mol. The fourth-order valence-corrected chi connectivity index (χ4v) is 5.00. The zero-order valence-electron chi connectivity index (χ0n) is 21.7. The van der Waals surface area contributed by atoms with Crippen molar-refractivity contribution in [2.45, 2.75) is 44.6 Å². The van der Waals surface area contributed by atoms with Crippen molar-refractivity contribution >= 4 is 22.8 Å². The van der Waals surface area contributed by atoms with E-state index in [0.29, 0.717) is 16.7 Å². The molecule has 0 aromatic heterocycles. The number of aryl methyl sites for hydroxylation is 1. The maximum Gasteiger partial charge on any atom is 0.229 e. The summed E-state index contributed by atoms with van der Waals surface area (Å²) in [5.74, 6) is -0.151. The molecule has 1 fully saturated rings. The second-order valence-corrected chi connectivity index (χ2v) is 9.65. The number of aliphatic imine (C=N–C) groups is 1. The van der Waals surface area contributed by atoms with Crippen LogP contribution in [0.2, 0.25) is 0 Å². The number of carbonyl (C=O) groups is 1. The second kappa shape index (κ2) is 10.8. The molecule has 4 N–H and O–H groups in total. The highest BCUT2D eigenvalue weighted by atomic mass is 16.7. The van der Waals surface area contributed by atoms with E-state index in [1.54, 1.807) is 25.3 Å². The monoisotopic (exact) mass is 536 g/mol. The van der Waals surface area contributed by atoms with Crippen molar-refractivity contribution in [1.29, 1.82) is 0 Å². The van der Waals surface area contributed by atoms with Crippen molar-refractivity contribution in [3.05, 3.63) is 70.8 Å². The first-order chi connectivity index (χ1) is 18.7. The van der Waals surface area contributed by atoms with Crippen molar-refractivity contribution in [2.75, 3.05) is 20.3 Å². The number of carbonyl (C=O) groups excluding carboxylic acids is 1. The Morgan fingerprint density at radius 1 is 1.15 bits per heavy atom. The van der Waals surface area contributed by atoms with Crippen LogP contribution in [0.25, 0.3) is 10.8 Å². The molecule has 0 spiro atoms. The normalized spacial score (nSPS) is 25.9. The molecule has 0 amide bonds. The summed E-state index contributed by atoms with van der Waals surface area (Å²) in [6, 6.07) is 4.87. The van der Waals surface area contributed by atoms with Crippen LogP contribution >= 0.6 is 0 Å². The molecule has 39 heavy (non-hydrogen) atoms. The summed E-state index contributed by atoms with van der Waals surface area (Å²) >= 11 is 0. The van der Waals surface area contributed by atoms with Crippen LogP contribution in [0, 0.1) is 13.3 Å². The molecule has 2 aromatic rings. The minimum absolute atomic E-state index is 0.0611. The van der Waals surface area contributed by atoms with Crippen LogP contribution in [0.3, 0.4) is 0 Å². The van der Waals surface area contributed by atoms with E-state index < -0.39 is 30.7 Å². The molecule has 5 atom stereocenters. The van der Waals surface area contributed by atoms with Crippen molar-refractivity contribution in [1.82, 2.24) is 0 Å². The van der Waals surface area contributed by atoms with Gasteiger partial charge in [0, 0.05) is 30.7 Å². The largest absolute Gasteiger partial charge is 0.506 e. The van der Waals surface area contributed by atoms with E-state index in [4.69, 9.17) is 18.9 Å². The number of nitrogens with zero attached hydrogens (tertiary/aromatic N) is 1. The van der Waals surface area contributed by atoms with E-state index in [1.807, 2.05) is 24.6 Å². The standard InChI is InChI=1S/C29H29NO9/c1-14-8-16-9-18(36-3)10-21(24(16)26(33)23(14)15(2)31)38-29-28(35)27(34)25(32)22(39-29)13-37-12-17-11-30-20-7-5-4-6-19(17)20/h4-11,22,25,27-29,32,34-35H,12-13H2,1-3H3/p+1. The number of aliphatic hydroxyl groups is 3. The summed E-state index contributed by atoms with van der Waals surface area (Å²) < 4.78 is 23.0. The summed E-state index contributed by atoms with van der Waals surface area (Å²) in [6.45, 7) is 3.14. The van der Waals surface area contributed by atoms with Gasteiger partial charge in [0.25, 0.3) is 0 Å². The highest BCUT2D eigenvalue weighted by molar-refractivity contribution is 6.07. The number of ether oxygens (including phenoxy) is 4. The van der Waals surface area contributed by atoms with E-state index in [1.165, 1.54) is 20.1 Å². The number of methoxy groups -OCH3 is 1. The van der Waals surface area contributed by atoms with Gasteiger partial charge in [0.1, 0.15) is 53.8 Å². The molecule has 1 aliphatic carbocycles. The highest BCUT2D eigenvalue weighted by Gasteiger charge is 2.45. The molecule has 2 aliphatic heterocycles. The van der Waals surface area contributed by atoms with Gasteiger partial charge in [0.15, 0.2) is 11.5 Å². The van der Waals surface area contributed by atoms with Crippen molar-refractivity contribution in [3.63, 3.8) is 0 Å². The molecule has 3 aliphatic rings. The third-order valence-electron chi connectivity index (χ3n) is 6.99. The summed E-state index contributed by atoms with van der Waals surface area (Å²) in [6.07, 6.45) is 2.20. The lowest BCUT2D eigenvalue weighted by Crippen LogP contribution is -2.60. The van der Waals surface area contributed by atoms with Gasteiger partial charge in [-0.1, -0.05) is 6.07 Å². The Bertz CT molecular complexity index is 1420. The molecule has 1 saturated heterocycles. The number of hydrogen-bond acceptors (Lipinski definition) is 10. The number of benzene rings is 2. The molecule has 10 nitrogen and oxygen atoms in total. The lowest BCUT2D eigenvalue weighted by atomic mass is 9.96. The molecule has 0 saturated carbocycles. The summed E-state index contributed by atoms with van der Waals surface area (Å²) in [5.41, 5.74) is 3.36. The number of phenolic OH excluding ortho intramolecular Hbond substituents is 1. The quantitative estimate of drug-likeness (QED) is 0.295. The molecular weight excluding hydrogens is 506 g/mol. The maximum atomic E-state index is 12.2. The first-order valence-electron chi connectivity index (χ1n) is 12.5. The highest BCUT2D eigenvalue weighted by Crippen LogP contribution is 2.42. The van der Waals surface area contributed by atoms with Gasteiger partial charge in [0.2, 0.25) is 6.29 Å². The molecule has 5 unspecified atom stereocenters. The number of ketones is 1. The van der Waals surface area contributed by atoms with Gasteiger partial charge in [-0.2, -0.15) is 4.99 Å². The number of phenols is 1. The third kappa shape index (κ3) is 5.05. The van der Waals surface area contributed by atoms with Crippen LogP contribution in [-0.4, -0.2) is 83.5 Å². The number of allylic oxidation sites excluding steroid dienone is 4. The van der Waals surface area contributed by atoms with Gasteiger partial charge in [-0.25, -0.2) is 0 Å². The van der Waals surface area contributed by atoms with Gasteiger partial charge in [-0.05, 0) is 30.9 Å². The van der Waals surface area contributed by atoms with Crippen molar-refractivity contribution in [3.8, 4) is 17.2 Å². The van der Waals surface area contributed by atoms with Gasteiger partial charge in [-0.15, -0.1) is 0 Å². The number of aromatic hydroxyl groups is 1. The Hall–Kier alpha value is -3.67. The first-order valence-corrected chi connectivity index (χ1v) is 12.5. The van der Waals surface area contributed by atoms with Crippen LogP contribution in [0.15, 0.2) is 58.3 Å². The van der Waals surface area contributed by atoms with E-state index in [-0.39, 0.29) is 41.4 Å². The Morgan fingerprint density at radius 3 is 2.69 bits per heavy atom. The zero-order chi connectivity index (χ0) is 27.8. The van der Waals surface area contributed by atoms with Crippen LogP contribution in [0.4, 0.5) is 0 Å². The lowest BCUT2D eigenvalue weighted by molar-refractivity contribution is -0.279. The number of fused-ring (bicyclic) bond motifs is 2.